The largest absolute Gasteiger partial charge is 0.396 e. The van der Waals surface area contributed by atoms with E-state index in [1.54, 1.807) is 12.4 Å². The average Bonchev–Trinajstić information content (AvgIpc) is 2.62. The summed E-state index contributed by atoms with van der Waals surface area (Å²) in [7, 11) is 0. The molecule has 2 atom stereocenters. The Hall–Kier alpha value is -2.61. The number of aliphatic hydroxyl groups is 1. The molecular formula is C18H24N6O2. The van der Waals surface area contributed by atoms with Crippen molar-refractivity contribution in [3.8, 4) is 0 Å². The highest BCUT2D eigenvalue weighted by Crippen LogP contribution is 2.25. The molecule has 1 N–H and O–H groups in total. The molecule has 1 aliphatic rings. The van der Waals surface area contributed by atoms with E-state index in [1.165, 1.54) is 6.92 Å². The zero-order valence-electron chi connectivity index (χ0n) is 15.3. The van der Waals surface area contributed by atoms with E-state index in [0.717, 1.165) is 24.7 Å². The van der Waals surface area contributed by atoms with Crippen LogP contribution in [0.5, 0.6) is 0 Å². The van der Waals surface area contributed by atoms with Crippen LogP contribution in [0.3, 0.4) is 0 Å². The number of hydrogen-bond acceptors (Lipinski definition) is 8. The lowest BCUT2D eigenvalue weighted by atomic mass is 10.1. The first-order chi connectivity index (χ1) is 12.5. The van der Waals surface area contributed by atoms with Gasteiger partial charge in [-0.2, -0.15) is 0 Å². The van der Waals surface area contributed by atoms with Gasteiger partial charge in [-0.25, -0.2) is 19.9 Å². The third-order valence-corrected chi connectivity index (χ3v) is 4.49. The summed E-state index contributed by atoms with van der Waals surface area (Å²) < 4.78 is 0. The highest BCUT2D eigenvalue weighted by molar-refractivity contribution is 5.90. The van der Waals surface area contributed by atoms with Crippen molar-refractivity contribution in [2.24, 2.45) is 0 Å². The average molecular weight is 356 g/mol. The van der Waals surface area contributed by atoms with Crippen LogP contribution in [-0.4, -0.2) is 62.6 Å². The maximum atomic E-state index is 11.6. The van der Waals surface area contributed by atoms with E-state index >= 15 is 0 Å². The zero-order chi connectivity index (χ0) is 18.7. The summed E-state index contributed by atoms with van der Waals surface area (Å²) in [6.07, 6.45) is 3.82. The third kappa shape index (κ3) is 3.80. The van der Waals surface area contributed by atoms with Crippen molar-refractivity contribution in [2.45, 2.75) is 39.3 Å². The van der Waals surface area contributed by atoms with Crippen LogP contribution in [0.2, 0.25) is 0 Å². The van der Waals surface area contributed by atoms with Crippen LogP contribution < -0.4 is 9.80 Å². The monoisotopic (exact) mass is 356 g/mol. The Bertz CT molecular complexity index is 772. The fourth-order valence-corrected chi connectivity index (χ4v) is 3.41. The van der Waals surface area contributed by atoms with Crippen molar-refractivity contribution >= 4 is 17.4 Å². The number of hydrogen-bond donors (Lipinski definition) is 1. The summed E-state index contributed by atoms with van der Waals surface area (Å²) in [5.41, 5.74) is 0. The molecule has 8 heteroatoms. The summed E-state index contributed by atoms with van der Waals surface area (Å²) in [4.78, 5) is 33.2. The number of piperazine rings is 1. The number of carbonyl (C=O) groups excluding carboxylic acids is 1. The molecule has 0 radical (unpaired) electrons. The molecule has 1 fully saturated rings. The number of rotatable bonds is 5. The summed E-state index contributed by atoms with van der Waals surface area (Å²) >= 11 is 0. The van der Waals surface area contributed by atoms with Gasteiger partial charge in [0.15, 0.2) is 11.6 Å². The quantitative estimate of drug-likeness (QED) is 0.796. The minimum Gasteiger partial charge on any atom is -0.396 e. The van der Waals surface area contributed by atoms with Crippen molar-refractivity contribution < 1.29 is 9.90 Å². The van der Waals surface area contributed by atoms with Crippen LogP contribution in [0.4, 0.5) is 11.6 Å². The number of nitrogens with zero attached hydrogens (tertiary/aromatic N) is 6. The second kappa shape index (κ2) is 7.74. The first-order valence-electron chi connectivity index (χ1n) is 8.79. The van der Waals surface area contributed by atoms with Gasteiger partial charge in [-0.1, -0.05) is 0 Å². The summed E-state index contributed by atoms with van der Waals surface area (Å²) in [5, 5.41) is 9.09. The second-order valence-corrected chi connectivity index (χ2v) is 6.61. The Morgan fingerprint density at radius 2 is 1.77 bits per heavy atom. The van der Waals surface area contributed by atoms with Crippen LogP contribution in [0.1, 0.15) is 37.2 Å². The highest BCUT2D eigenvalue weighted by Gasteiger charge is 2.31. The number of Topliss-reactive ketones (excluding diaryl/α,β-unsaturated/α-hetero) is 1. The van der Waals surface area contributed by atoms with Gasteiger partial charge < -0.3 is 14.9 Å². The molecule has 0 saturated carbocycles. The summed E-state index contributed by atoms with van der Waals surface area (Å²) in [6.45, 7) is 7.33. The number of ketones is 1. The molecule has 0 amide bonds. The lowest BCUT2D eigenvalue weighted by Gasteiger charge is -2.45. The normalized spacial score (nSPS) is 20.3. The molecule has 0 aromatic carbocycles. The van der Waals surface area contributed by atoms with Gasteiger partial charge in [0.05, 0.1) is 6.61 Å². The lowest BCUT2D eigenvalue weighted by molar-refractivity contribution is 0.100. The van der Waals surface area contributed by atoms with Crippen molar-refractivity contribution in [1.82, 2.24) is 19.9 Å². The molecule has 0 aliphatic carbocycles. The van der Waals surface area contributed by atoms with Crippen molar-refractivity contribution in [3.05, 3.63) is 36.2 Å². The molecule has 138 valence electrons. The Morgan fingerprint density at radius 3 is 2.42 bits per heavy atom. The van der Waals surface area contributed by atoms with Gasteiger partial charge >= 0.3 is 0 Å². The molecule has 8 nitrogen and oxygen atoms in total. The van der Waals surface area contributed by atoms with E-state index in [2.05, 4.69) is 43.6 Å². The molecule has 1 saturated heterocycles. The van der Waals surface area contributed by atoms with E-state index < -0.39 is 0 Å². The minimum atomic E-state index is -0.136. The Morgan fingerprint density at radius 1 is 1.12 bits per heavy atom. The molecule has 26 heavy (non-hydrogen) atoms. The number of aromatic nitrogens is 4. The van der Waals surface area contributed by atoms with Gasteiger partial charge in [-0.05, 0) is 26.0 Å². The van der Waals surface area contributed by atoms with Crippen molar-refractivity contribution in [1.29, 1.82) is 0 Å². The second-order valence-electron chi connectivity index (χ2n) is 6.61. The van der Waals surface area contributed by atoms with E-state index in [9.17, 15) is 4.79 Å². The lowest BCUT2D eigenvalue weighted by Crippen LogP contribution is -2.57. The van der Waals surface area contributed by atoms with Crippen molar-refractivity contribution in [2.75, 3.05) is 29.5 Å². The van der Waals surface area contributed by atoms with Crippen LogP contribution in [0.15, 0.2) is 24.5 Å². The van der Waals surface area contributed by atoms with Crippen LogP contribution >= 0.6 is 0 Å². The molecule has 2 aromatic heterocycles. The predicted molar refractivity (Wildman–Crippen MR) is 98.5 cm³/mol. The summed E-state index contributed by atoms with van der Waals surface area (Å²) in [5.74, 6) is 2.40. The van der Waals surface area contributed by atoms with Gasteiger partial charge in [0, 0.05) is 50.9 Å². The predicted octanol–water partition coefficient (Wildman–Crippen LogP) is 1.11. The topological polar surface area (TPSA) is 95.3 Å². The van der Waals surface area contributed by atoms with Crippen LogP contribution in [0.25, 0.3) is 0 Å². The maximum absolute atomic E-state index is 11.6. The van der Waals surface area contributed by atoms with Gasteiger partial charge in [0.2, 0.25) is 0 Å². The van der Waals surface area contributed by atoms with Crippen molar-refractivity contribution in [3.63, 3.8) is 0 Å². The fourth-order valence-electron chi connectivity index (χ4n) is 3.41. The first-order valence-corrected chi connectivity index (χ1v) is 8.79. The Labute approximate surface area is 152 Å². The number of anilines is 2. The maximum Gasteiger partial charge on any atom is 0.197 e. The van der Waals surface area contributed by atoms with E-state index in [-0.39, 0.29) is 30.3 Å². The fraction of sp³-hybridized carbons (Fsp3) is 0.500. The van der Waals surface area contributed by atoms with E-state index in [1.807, 2.05) is 12.1 Å². The minimum absolute atomic E-state index is 0.0379. The molecule has 0 spiro atoms. The highest BCUT2D eigenvalue weighted by atomic mass is 16.3. The van der Waals surface area contributed by atoms with Crippen LogP contribution in [0, 0.1) is 0 Å². The van der Waals surface area contributed by atoms with E-state index in [4.69, 9.17) is 5.11 Å². The molecule has 3 rings (SSSR count). The molecule has 0 unspecified atom stereocenters. The van der Waals surface area contributed by atoms with Gasteiger partial charge in [0.1, 0.15) is 17.5 Å². The molecule has 2 aromatic rings. The van der Waals surface area contributed by atoms with Gasteiger partial charge in [-0.15, -0.1) is 0 Å². The number of aliphatic hydroxyl groups excluding tert-OH is 1. The van der Waals surface area contributed by atoms with E-state index in [0.29, 0.717) is 12.2 Å². The Balaban J connectivity index is 1.80. The van der Waals surface area contributed by atoms with Crippen LogP contribution in [-0.2, 0) is 6.42 Å². The Kier molecular flexibility index (Phi) is 5.41. The third-order valence-electron chi connectivity index (χ3n) is 4.49. The first kappa shape index (κ1) is 18.2. The SMILES string of the molecule is CC(=O)c1nccc(N2[C@H](C)CN(c3ccnc(CCO)n3)C[C@@H]2C)n1. The van der Waals surface area contributed by atoms with Gasteiger partial charge in [-0.3, -0.25) is 4.79 Å². The van der Waals surface area contributed by atoms with Gasteiger partial charge in [0.25, 0.3) is 0 Å². The zero-order valence-corrected chi connectivity index (χ0v) is 15.3. The standard InChI is InChI=1S/C18H24N6O2/c1-12-10-23(16-4-7-19-15(21-16)6-9-25)11-13(2)24(12)17-5-8-20-18(22-17)14(3)26/h4-5,7-8,12-13,25H,6,9-11H2,1-3H3/t12-,13+. The molecule has 3 heterocycles. The molecule has 0 bridgehead atoms. The summed E-state index contributed by atoms with van der Waals surface area (Å²) in [6, 6.07) is 4.11. The number of carbonyl (C=O) groups is 1. The smallest absolute Gasteiger partial charge is 0.197 e. The molecule has 1 aliphatic heterocycles. The molecular weight excluding hydrogens is 332 g/mol.